The first-order chi connectivity index (χ1) is 16.9. The highest BCUT2D eigenvalue weighted by Gasteiger charge is 2.29. The Bertz CT molecular complexity index is 1200. The molecule has 11 heteroatoms. The van der Waals surface area contributed by atoms with E-state index in [0.29, 0.717) is 42.9 Å². The third-order valence-corrected chi connectivity index (χ3v) is 5.60. The second-order valence-electron chi connectivity index (χ2n) is 7.94. The van der Waals surface area contributed by atoms with Gasteiger partial charge < -0.3 is 25.4 Å². The van der Waals surface area contributed by atoms with Gasteiger partial charge >= 0.3 is 5.97 Å². The quantitative estimate of drug-likeness (QED) is 0.490. The van der Waals surface area contributed by atoms with Gasteiger partial charge in [-0.25, -0.2) is 4.39 Å². The summed E-state index contributed by atoms with van der Waals surface area (Å²) in [6, 6.07) is 12.7. The van der Waals surface area contributed by atoms with Crippen molar-refractivity contribution in [2.75, 3.05) is 31.2 Å². The molecule has 2 heterocycles. The lowest BCUT2D eigenvalue weighted by Gasteiger charge is -2.31. The number of nitrogens with zero attached hydrogens (tertiary/aromatic N) is 4. The fourth-order valence-corrected chi connectivity index (χ4v) is 3.77. The number of rotatable bonds is 7. The Hall–Kier alpha value is -4.28. The number of nitrogen functional groups attached to an aromatic ring is 1. The van der Waals surface area contributed by atoms with E-state index in [1.165, 1.54) is 24.3 Å². The van der Waals surface area contributed by atoms with Gasteiger partial charge in [0.25, 0.3) is 5.91 Å². The smallest absolute Gasteiger partial charge is 0.309 e. The molecular weight excluding hydrogens is 455 g/mol. The van der Waals surface area contributed by atoms with Crippen LogP contribution in [0.15, 0.2) is 48.5 Å². The summed E-state index contributed by atoms with van der Waals surface area (Å²) in [6.07, 6.45) is 0.928. The third kappa shape index (κ3) is 5.99. The van der Waals surface area contributed by atoms with Crippen molar-refractivity contribution in [2.24, 2.45) is 5.92 Å². The number of hydrogen-bond donors (Lipinski definition) is 2. The Morgan fingerprint density at radius 1 is 1.09 bits per heavy atom. The largest absolute Gasteiger partial charge is 0.495 e. The maximum Gasteiger partial charge on any atom is 0.309 e. The zero-order valence-electron chi connectivity index (χ0n) is 19.1. The van der Waals surface area contributed by atoms with Gasteiger partial charge in [-0.05, 0) is 49.2 Å². The number of hydrogen-bond acceptors (Lipinski definition) is 9. The molecule has 3 aromatic rings. The molecule has 1 saturated heterocycles. The van der Waals surface area contributed by atoms with Crippen LogP contribution in [0.3, 0.4) is 0 Å². The number of carbonyl (C=O) groups is 2. The summed E-state index contributed by atoms with van der Waals surface area (Å²) in [6.45, 7) is 0.643. The molecule has 1 fully saturated rings. The van der Waals surface area contributed by atoms with Crippen LogP contribution in [-0.4, -0.2) is 51.9 Å². The zero-order valence-corrected chi connectivity index (χ0v) is 19.1. The molecule has 0 aliphatic carbocycles. The molecule has 1 aromatic heterocycles. The van der Waals surface area contributed by atoms with E-state index in [1.54, 1.807) is 24.1 Å². The molecule has 0 atom stereocenters. The molecule has 1 aliphatic heterocycles. The highest BCUT2D eigenvalue weighted by atomic mass is 19.1. The SMILES string of the molecule is COc1ccccc1Nc1nc(N)nc(COC(=O)C2CCN(C(=O)c3ccc(F)cc3)CC2)n1. The number of likely N-dealkylation sites (tertiary alicyclic amines) is 1. The number of nitrogens with two attached hydrogens (primary N) is 1. The number of carbonyl (C=O) groups excluding carboxylic acids is 2. The first-order valence-corrected chi connectivity index (χ1v) is 11.0. The van der Waals surface area contributed by atoms with Crippen LogP contribution in [-0.2, 0) is 16.1 Å². The van der Waals surface area contributed by atoms with Crippen LogP contribution in [0.5, 0.6) is 5.75 Å². The normalized spacial score (nSPS) is 13.8. The van der Waals surface area contributed by atoms with Crippen molar-refractivity contribution in [3.63, 3.8) is 0 Å². The van der Waals surface area contributed by atoms with Gasteiger partial charge in [-0.2, -0.15) is 15.0 Å². The Balaban J connectivity index is 1.31. The van der Waals surface area contributed by atoms with Crippen molar-refractivity contribution < 1.29 is 23.5 Å². The maximum absolute atomic E-state index is 13.1. The third-order valence-electron chi connectivity index (χ3n) is 5.60. The van der Waals surface area contributed by atoms with Crippen molar-refractivity contribution >= 4 is 29.5 Å². The Morgan fingerprint density at radius 3 is 2.51 bits per heavy atom. The van der Waals surface area contributed by atoms with Crippen molar-refractivity contribution in [1.82, 2.24) is 19.9 Å². The maximum atomic E-state index is 13.1. The molecule has 4 rings (SSSR count). The van der Waals surface area contributed by atoms with E-state index in [4.69, 9.17) is 15.2 Å². The molecule has 1 amide bonds. The van der Waals surface area contributed by atoms with E-state index < -0.39 is 11.8 Å². The summed E-state index contributed by atoms with van der Waals surface area (Å²) < 4.78 is 23.8. The van der Waals surface area contributed by atoms with Crippen LogP contribution in [0.1, 0.15) is 29.0 Å². The molecular formula is C24H25FN6O4. The average Bonchev–Trinajstić information content (AvgIpc) is 2.87. The summed E-state index contributed by atoms with van der Waals surface area (Å²) in [5.41, 5.74) is 6.86. The van der Waals surface area contributed by atoms with E-state index in [9.17, 15) is 14.0 Å². The van der Waals surface area contributed by atoms with Crippen LogP contribution in [0.4, 0.5) is 22.0 Å². The molecule has 0 radical (unpaired) electrons. The zero-order chi connectivity index (χ0) is 24.8. The minimum Gasteiger partial charge on any atom is -0.495 e. The first-order valence-electron chi connectivity index (χ1n) is 11.0. The lowest BCUT2D eigenvalue weighted by molar-refractivity contribution is -0.151. The summed E-state index contributed by atoms with van der Waals surface area (Å²) in [4.78, 5) is 39.2. The Kier molecular flexibility index (Phi) is 7.34. The predicted molar refractivity (Wildman–Crippen MR) is 125 cm³/mol. The van der Waals surface area contributed by atoms with Gasteiger partial charge in [-0.3, -0.25) is 9.59 Å². The highest BCUT2D eigenvalue weighted by Crippen LogP contribution is 2.26. The second-order valence-corrected chi connectivity index (χ2v) is 7.94. The van der Waals surface area contributed by atoms with Crippen LogP contribution < -0.4 is 15.8 Å². The number of anilines is 3. The molecule has 2 aromatic carbocycles. The summed E-state index contributed by atoms with van der Waals surface area (Å²) in [5.74, 6) is -0.347. The van der Waals surface area contributed by atoms with Gasteiger partial charge in [-0.15, -0.1) is 0 Å². The highest BCUT2D eigenvalue weighted by molar-refractivity contribution is 5.94. The molecule has 0 saturated carbocycles. The number of benzene rings is 2. The number of amides is 1. The number of para-hydroxylation sites is 2. The number of aromatic nitrogens is 3. The van der Waals surface area contributed by atoms with Crippen LogP contribution >= 0.6 is 0 Å². The standard InChI is InChI=1S/C24H25FN6O4/c1-34-19-5-3-2-4-18(19)27-24-29-20(28-23(26)30-24)14-35-22(33)16-10-12-31(13-11-16)21(32)15-6-8-17(25)9-7-15/h2-9,16H,10-14H2,1H3,(H3,26,27,28,29,30). The van der Waals surface area contributed by atoms with Gasteiger partial charge in [-0.1, -0.05) is 12.1 Å². The van der Waals surface area contributed by atoms with Crippen molar-refractivity contribution in [2.45, 2.75) is 19.4 Å². The summed E-state index contributed by atoms with van der Waals surface area (Å²) >= 11 is 0. The Labute approximate surface area is 201 Å². The first kappa shape index (κ1) is 23.9. The molecule has 35 heavy (non-hydrogen) atoms. The Morgan fingerprint density at radius 2 is 1.80 bits per heavy atom. The lowest BCUT2D eigenvalue weighted by Crippen LogP contribution is -2.40. The van der Waals surface area contributed by atoms with Gasteiger partial charge in [0.2, 0.25) is 11.9 Å². The minimum absolute atomic E-state index is 0.0175. The van der Waals surface area contributed by atoms with Gasteiger partial charge in [0.15, 0.2) is 12.4 Å². The van der Waals surface area contributed by atoms with Crippen LogP contribution in [0.25, 0.3) is 0 Å². The number of halogens is 1. The number of piperidine rings is 1. The van der Waals surface area contributed by atoms with Crippen LogP contribution in [0.2, 0.25) is 0 Å². The van der Waals surface area contributed by atoms with Gasteiger partial charge in [0, 0.05) is 18.7 Å². The van der Waals surface area contributed by atoms with E-state index in [1.807, 2.05) is 12.1 Å². The fourth-order valence-electron chi connectivity index (χ4n) is 3.77. The number of nitrogens with one attached hydrogen (secondary N) is 1. The molecule has 0 unspecified atom stereocenters. The molecule has 3 N–H and O–H groups in total. The summed E-state index contributed by atoms with van der Waals surface area (Å²) in [5, 5.41) is 3.02. The number of methoxy groups -OCH3 is 1. The molecule has 10 nitrogen and oxygen atoms in total. The van der Waals surface area contributed by atoms with Crippen LogP contribution in [0, 0.1) is 11.7 Å². The molecule has 0 spiro atoms. The topological polar surface area (TPSA) is 133 Å². The minimum atomic E-state index is -0.398. The molecule has 1 aliphatic rings. The average molecular weight is 481 g/mol. The van der Waals surface area contributed by atoms with Gasteiger partial charge in [0.1, 0.15) is 11.6 Å². The van der Waals surface area contributed by atoms with Crippen molar-refractivity contribution in [3.8, 4) is 5.75 Å². The second kappa shape index (κ2) is 10.8. The molecule has 182 valence electrons. The van der Waals surface area contributed by atoms with E-state index in [2.05, 4.69) is 20.3 Å². The molecule has 0 bridgehead atoms. The number of ether oxygens (including phenoxy) is 2. The van der Waals surface area contributed by atoms with E-state index in [0.717, 1.165) is 0 Å². The van der Waals surface area contributed by atoms with Crippen molar-refractivity contribution in [1.29, 1.82) is 0 Å². The van der Waals surface area contributed by atoms with Crippen molar-refractivity contribution in [3.05, 3.63) is 65.7 Å². The summed E-state index contributed by atoms with van der Waals surface area (Å²) in [7, 11) is 1.55. The van der Waals surface area contributed by atoms with Gasteiger partial charge in [0.05, 0.1) is 18.7 Å². The predicted octanol–water partition coefficient (Wildman–Crippen LogP) is 2.94. The van der Waals surface area contributed by atoms with E-state index >= 15 is 0 Å². The number of esters is 1. The van der Waals surface area contributed by atoms with E-state index in [-0.39, 0.29) is 36.2 Å². The monoisotopic (exact) mass is 480 g/mol. The lowest BCUT2D eigenvalue weighted by atomic mass is 9.96. The fraction of sp³-hybridized carbons (Fsp3) is 0.292.